The highest BCUT2D eigenvalue weighted by Gasteiger charge is 2.37. The molecule has 0 aromatic rings. The van der Waals surface area contributed by atoms with Gasteiger partial charge >= 0.3 is 0 Å². The molecule has 2 heteroatoms. The Bertz CT molecular complexity index is 257. The molecule has 2 aliphatic rings. The smallest absolute Gasteiger partial charge is 0.101 e. The number of rotatable bonds is 0. The zero-order valence-corrected chi connectivity index (χ0v) is 9.03. The van der Waals surface area contributed by atoms with Crippen molar-refractivity contribution < 1.29 is 10.2 Å². The maximum Gasteiger partial charge on any atom is 0.101 e. The minimum atomic E-state index is -0.590. The first kappa shape index (κ1) is 10.2. The molecule has 4 unspecified atom stereocenters. The first-order valence-corrected chi connectivity index (χ1v) is 5.67. The van der Waals surface area contributed by atoms with E-state index in [9.17, 15) is 10.2 Å². The van der Waals surface area contributed by atoms with Gasteiger partial charge in [0.2, 0.25) is 0 Å². The minimum Gasteiger partial charge on any atom is -0.390 e. The van der Waals surface area contributed by atoms with Gasteiger partial charge < -0.3 is 10.2 Å². The summed E-state index contributed by atoms with van der Waals surface area (Å²) in [5, 5.41) is 19.8. The molecule has 0 radical (unpaired) electrons. The van der Waals surface area contributed by atoms with E-state index in [1.165, 1.54) is 12.0 Å². The Hall–Kier alpha value is -0.340. The second-order valence-corrected chi connectivity index (χ2v) is 4.95. The third-order valence-electron chi connectivity index (χ3n) is 4.01. The van der Waals surface area contributed by atoms with Crippen LogP contribution < -0.4 is 0 Å². The summed E-state index contributed by atoms with van der Waals surface area (Å²) in [6, 6.07) is 0. The van der Waals surface area contributed by atoms with Gasteiger partial charge in [0.05, 0.1) is 6.10 Å². The van der Waals surface area contributed by atoms with Crippen molar-refractivity contribution in [1.29, 1.82) is 0 Å². The van der Waals surface area contributed by atoms with Gasteiger partial charge in [0.15, 0.2) is 0 Å². The summed E-state index contributed by atoms with van der Waals surface area (Å²) < 4.78 is 0. The van der Waals surface area contributed by atoms with Gasteiger partial charge in [-0.15, -0.1) is 0 Å². The number of hydrogen-bond acceptors (Lipinski definition) is 2. The van der Waals surface area contributed by atoms with Gasteiger partial charge in [-0.1, -0.05) is 12.5 Å². The average molecular weight is 196 g/mol. The average Bonchev–Trinajstić information content (AvgIpc) is 2.50. The lowest BCUT2D eigenvalue weighted by Gasteiger charge is -2.22. The summed E-state index contributed by atoms with van der Waals surface area (Å²) in [6.45, 7) is 4.34. The first-order valence-electron chi connectivity index (χ1n) is 5.67. The van der Waals surface area contributed by atoms with E-state index in [1.807, 2.05) is 0 Å². The van der Waals surface area contributed by atoms with Crippen molar-refractivity contribution in [3.63, 3.8) is 0 Å². The minimum absolute atomic E-state index is 0.530. The van der Waals surface area contributed by atoms with Crippen LogP contribution in [-0.4, -0.2) is 22.4 Å². The first-order chi connectivity index (χ1) is 6.61. The van der Waals surface area contributed by atoms with Crippen LogP contribution in [0.3, 0.4) is 0 Å². The van der Waals surface area contributed by atoms with Crippen LogP contribution in [0.15, 0.2) is 11.1 Å². The molecule has 1 saturated carbocycles. The summed E-state index contributed by atoms with van der Waals surface area (Å²) >= 11 is 0. The van der Waals surface area contributed by atoms with Gasteiger partial charge in [0.25, 0.3) is 0 Å². The summed E-state index contributed by atoms with van der Waals surface area (Å²) in [5.41, 5.74) is 2.47. The van der Waals surface area contributed by atoms with Gasteiger partial charge in [0, 0.05) is 0 Å². The number of aliphatic hydroxyl groups is 2. The molecular weight excluding hydrogens is 176 g/mol. The van der Waals surface area contributed by atoms with Crippen LogP contribution in [0.25, 0.3) is 0 Å². The molecule has 14 heavy (non-hydrogen) atoms. The Morgan fingerprint density at radius 2 is 1.86 bits per heavy atom. The van der Waals surface area contributed by atoms with Crippen molar-refractivity contribution in [2.24, 2.45) is 11.8 Å². The highest BCUT2D eigenvalue weighted by molar-refractivity contribution is 5.27. The predicted octanol–water partition coefficient (Wildman–Crippen LogP) is 1.86. The van der Waals surface area contributed by atoms with Crippen LogP contribution in [0.1, 0.15) is 39.5 Å². The fraction of sp³-hybridized carbons (Fsp3) is 0.833. The maximum absolute atomic E-state index is 10.0. The van der Waals surface area contributed by atoms with Gasteiger partial charge in [-0.05, 0) is 50.0 Å². The Labute approximate surface area is 85.6 Å². The third-order valence-corrected chi connectivity index (χ3v) is 4.01. The Kier molecular flexibility index (Phi) is 2.67. The van der Waals surface area contributed by atoms with E-state index in [4.69, 9.17) is 0 Å². The monoisotopic (exact) mass is 196 g/mol. The standard InChI is InChI=1S/C12H20O2/c1-7-4-6-10(13)12(14)11-8(2)3-5-9(7)11/h7,9-10,12-14H,3-6H2,1-2H3. The number of fused-ring (bicyclic) bond motifs is 1. The molecule has 1 fully saturated rings. The molecule has 0 aliphatic heterocycles. The second-order valence-electron chi connectivity index (χ2n) is 4.95. The summed E-state index contributed by atoms with van der Waals surface area (Å²) in [6.07, 6.45) is 2.94. The van der Waals surface area contributed by atoms with E-state index < -0.39 is 12.2 Å². The van der Waals surface area contributed by atoms with E-state index in [0.29, 0.717) is 11.8 Å². The topological polar surface area (TPSA) is 40.5 Å². The summed E-state index contributed by atoms with van der Waals surface area (Å²) in [7, 11) is 0. The van der Waals surface area contributed by atoms with Crippen molar-refractivity contribution in [1.82, 2.24) is 0 Å². The molecule has 0 spiro atoms. The van der Waals surface area contributed by atoms with E-state index in [0.717, 1.165) is 24.8 Å². The molecule has 0 aromatic heterocycles. The zero-order chi connectivity index (χ0) is 10.3. The molecule has 2 rings (SSSR count). The fourth-order valence-corrected chi connectivity index (χ4v) is 3.05. The third kappa shape index (κ3) is 1.51. The van der Waals surface area contributed by atoms with Crippen LogP contribution in [-0.2, 0) is 0 Å². The Morgan fingerprint density at radius 1 is 1.14 bits per heavy atom. The Balaban J connectivity index is 2.32. The summed E-state index contributed by atoms with van der Waals surface area (Å²) in [4.78, 5) is 0. The highest BCUT2D eigenvalue weighted by Crippen LogP contribution is 2.43. The molecule has 0 saturated heterocycles. The van der Waals surface area contributed by atoms with Crippen molar-refractivity contribution >= 4 is 0 Å². The molecular formula is C12H20O2. The maximum atomic E-state index is 10.0. The lowest BCUT2D eigenvalue weighted by Crippen LogP contribution is -2.28. The van der Waals surface area contributed by atoms with E-state index >= 15 is 0 Å². The number of hydrogen-bond donors (Lipinski definition) is 2. The lowest BCUT2D eigenvalue weighted by atomic mass is 9.86. The van der Waals surface area contributed by atoms with Crippen LogP contribution in [0, 0.1) is 11.8 Å². The van der Waals surface area contributed by atoms with Crippen LogP contribution >= 0.6 is 0 Å². The molecule has 0 bridgehead atoms. The van der Waals surface area contributed by atoms with Gasteiger partial charge in [-0.25, -0.2) is 0 Å². The van der Waals surface area contributed by atoms with Crippen LogP contribution in [0.4, 0.5) is 0 Å². The van der Waals surface area contributed by atoms with Crippen molar-refractivity contribution in [2.75, 3.05) is 0 Å². The molecule has 2 aliphatic carbocycles. The fourth-order valence-electron chi connectivity index (χ4n) is 3.05. The van der Waals surface area contributed by atoms with Crippen LogP contribution in [0.2, 0.25) is 0 Å². The lowest BCUT2D eigenvalue weighted by molar-refractivity contribution is 0.0375. The van der Waals surface area contributed by atoms with Crippen molar-refractivity contribution in [2.45, 2.75) is 51.7 Å². The SMILES string of the molecule is CC1=C2C(O)C(O)CCC(C)C2CC1. The van der Waals surface area contributed by atoms with Gasteiger partial charge in [-0.3, -0.25) is 0 Å². The van der Waals surface area contributed by atoms with E-state index in [-0.39, 0.29) is 0 Å². The Morgan fingerprint density at radius 3 is 2.57 bits per heavy atom. The molecule has 0 aromatic carbocycles. The molecule has 2 nitrogen and oxygen atoms in total. The van der Waals surface area contributed by atoms with Crippen molar-refractivity contribution in [3.05, 3.63) is 11.1 Å². The van der Waals surface area contributed by atoms with E-state index in [2.05, 4.69) is 13.8 Å². The van der Waals surface area contributed by atoms with Crippen molar-refractivity contribution in [3.8, 4) is 0 Å². The molecule has 4 atom stereocenters. The largest absolute Gasteiger partial charge is 0.390 e. The van der Waals surface area contributed by atoms with E-state index in [1.54, 1.807) is 0 Å². The van der Waals surface area contributed by atoms with Gasteiger partial charge in [0.1, 0.15) is 6.10 Å². The molecule has 0 heterocycles. The van der Waals surface area contributed by atoms with Gasteiger partial charge in [-0.2, -0.15) is 0 Å². The van der Waals surface area contributed by atoms with Crippen LogP contribution in [0.5, 0.6) is 0 Å². The normalized spacial score (nSPS) is 43.7. The zero-order valence-electron chi connectivity index (χ0n) is 9.03. The molecule has 2 N–H and O–H groups in total. The quantitative estimate of drug-likeness (QED) is 0.581. The molecule has 0 amide bonds. The predicted molar refractivity (Wildman–Crippen MR) is 55.8 cm³/mol. The highest BCUT2D eigenvalue weighted by atomic mass is 16.3. The molecule has 80 valence electrons. The summed E-state index contributed by atoms with van der Waals surface area (Å²) in [5.74, 6) is 1.15. The second kappa shape index (κ2) is 3.67. The number of aliphatic hydroxyl groups excluding tert-OH is 2. The number of allylic oxidation sites excluding steroid dienone is 1.